The average molecular weight is 259 g/mol. The molecule has 1 aliphatic carbocycles. The second-order valence-electron chi connectivity index (χ2n) is 4.60. The summed E-state index contributed by atoms with van der Waals surface area (Å²) in [7, 11) is 0. The van der Waals surface area contributed by atoms with E-state index in [0.29, 0.717) is 10.0 Å². The monoisotopic (exact) mass is 258 g/mol. The molecule has 88 valence electrons. The highest BCUT2D eigenvalue weighted by Crippen LogP contribution is 2.37. The first-order valence-electron chi connectivity index (χ1n) is 5.79. The van der Waals surface area contributed by atoms with Gasteiger partial charge in [0.1, 0.15) is 0 Å². The van der Waals surface area contributed by atoms with Crippen LogP contribution in [-0.4, -0.2) is 5.11 Å². The molecule has 1 aromatic rings. The molecule has 1 aromatic carbocycles. The van der Waals surface area contributed by atoms with Gasteiger partial charge < -0.3 is 5.11 Å². The van der Waals surface area contributed by atoms with Gasteiger partial charge in [-0.2, -0.15) is 0 Å². The summed E-state index contributed by atoms with van der Waals surface area (Å²) in [6, 6.07) is 5.37. The summed E-state index contributed by atoms with van der Waals surface area (Å²) in [4.78, 5) is 0. The molecular weight excluding hydrogens is 243 g/mol. The van der Waals surface area contributed by atoms with Gasteiger partial charge in [0.15, 0.2) is 0 Å². The van der Waals surface area contributed by atoms with E-state index in [-0.39, 0.29) is 0 Å². The van der Waals surface area contributed by atoms with Crippen LogP contribution in [0.5, 0.6) is 0 Å². The van der Waals surface area contributed by atoms with E-state index in [1.807, 2.05) is 12.1 Å². The predicted molar refractivity (Wildman–Crippen MR) is 68.1 cm³/mol. The van der Waals surface area contributed by atoms with Crippen molar-refractivity contribution in [2.45, 2.75) is 44.1 Å². The molecule has 0 heterocycles. The van der Waals surface area contributed by atoms with Crippen molar-refractivity contribution < 1.29 is 5.11 Å². The zero-order valence-corrected chi connectivity index (χ0v) is 10.7. The van der Waals surface area contributed by atoms with Gasteiger partial charge in [-0.3, -0.25) is 0 Å². The van der Waals surface area contributed by atoms with Crippen LogP contribution in [0.1, 0.15) is 44.1 Å². The van der Waals surface area contributed by atoms with Crippen LogP contribution in [0.4, 0.5) is 0 Å². The minimum atomic E-state index is -0.731. The molecule has 0 amide bonds. The van der Waals surface area contributed by atoms with Gasteiger partial charge in [0, 0.05) is 10.0 Å². The fraction of sp³-hybridized carbons (Fsp3) is 0.538. The first-order chi connectivity index (χ1) is 7.60. The maximum Gasteiger partial charge on any atom is 0.0897 e. The lowest BCUT2D eigenvalue weighted by Crippen LogP contribution is -2.24. The molecule has 2 rings (SSSR count). The van der Waals surface area contributed by atoms with Crippen molar-refractivity contribution in [3.8, 4) is 0 Å². The summed E-state index contributed by atoms with van der Waals surface area (Å²) >= 11 is 12.0. The van der Waals surface area contributed by atoms with Crippen LogP contribution in [-0.2, 0) is 5.60 Å². The van der Waals surface area contributed by atoms with Crippen molar-refractivity contribution in [3.63, 3.8) is 0 Å². The number of halogens is 2. The van der Waals surface area contributed by atoms with Crippen LogP contribution in [0.15, 0.2) is 18.2 Å². The average Bonchev–Trinajstić information content (AvgIpc) is 2.43. The Balaban J connectivity index is 2.32. The Morgan fingerprint density at radius 3 is 1.88 bits per heavy atom. The summed E-state index contributed by atoms with van der Waals surface area (Å²) in [5.41, 5.74) is 0.136. The zero-order chi connectivity index (χ0) is 11.6. The van der Waals surface area contributed by atoms with Gasteiger partial charge in [-0.15, -0.1) is 0 Å². The van der Waals surface area contributed by atoms with Gasteiger partial charge in [0.2, 0.25) is 0 Å². The minimum Gasteiger partial charge on any atom is -0.385 e. The van der Waals surface area contributed by atoms with Gasteiger partial charge in [-0.1, -0.05) is 48.9 Å². The molecule has 1 aliphatic rings. The second kappa shape index (κ2) is 4.95. The molecule has 0 saturated heterocycles. The highest BCUT2D eigenvalue weighted by Gasteiger charge is 2.30. The van der Waals surface area contributed by atoms with Crippen LogP contribution in [0.25, 0.3) is 0 Å². The number of hydrogen-bond donors (Lipinski definition) is 1. The standard InChI is InChI=1S/C13H16Cl2O/c14-11-7-10(8-12(15)9-11)13(16)5-3-1-2-4-6-13/h7-9,16H,1-6H2. The number of benzene rings is 1. The lowest BCUT2D eigenvalue weighted by molar-refractivity contribution is 0.0207. The summed E-state index contributed by atoms with van der Waals surface area (Å²) in [5.74, 6) is 0. The fourth-order valence-corrected chi connectivity index (χ4v) is 2.95. The zero-order valence-electron chi connectivity index (χ0n) is 9.18. The van der Waals surface area contributed by atoms with Gasteiger partial charge in [-0.05, 0) is 36.6 Å². The lowest BCUT2D eigenvalue weighted by atomic mass is 9.87. The van der Waals surface area contributed by atoms with E-state index in [4.69, 9.17) is 23.2 Å². The van der Waals surface area contributed by atoms with Gasteiger partial charge in [0.05, 0.1) is 5.60 Å². The SMILES string of the molecule is OC1(c2cc(Cl)cc(Cl)c2)CCCCCC1. The summed E-state index contributed by atoms with van der Waals surface area (Å²) in [5, 5.41) is 11.8. The Labute approximate surface area is 106 Å². The molecular formula is C13H16Cl2O. The third-order valence-electron chi connectivity index (χ3n) is 3.33. The first-order valence-corrected chi connectivity index (χ1v) is 6.55. The van der Waals surface area contributed by atoms with E-state index >= 15 is 0 Å². The normalized spacial score (nSPS) is 20.4. The Bertz CT molecular complexity index is 348. The van der Waals surface area contributed by atoms with Crippen LogP contribution < -0.4 is 0 Å². The summed E-state index contributed by atoms with van der Waals surface area (Å²) in [6.45, 7) is 0. The van der Waals surface area contributed by atoms with E-state index < -0.39 is 5.60 Å². The topological polar surface area (TPSA) is 20.2 Å². The van der Waals surface area contributed by atoms with Crippen molar-refractivity contribution in [2.24, 2.45) is 0 Å². The number of rotatable bonds is 1. The molecule has 0 aromatic heterocycles. The molecule has 0 bridgehead atoms. The molecule has 1 fully saturated rings. The highest BCUT2D eigenvalue weighted by molar-refractivity contribution is 6.34. The van der Waals surface area contributed by atoms with Gasteiger partial charge in [0.25, 0.3) is 0 Å². The molecule has 16 heavy (non-hydrogen) atoms. The predicted octanol–water partition coefficient (Wildman–Crippen LogP) is 4.54. The Morgan fingerprint density at radius 2 is 1.38 bits per heavy atom. The van der Waals surface area contributed by atoms with Crippen LogP contribution in [0.3, 0.4) is 0 Å². The Hall–Kier alpha value is -0.240. The second-order valence-corrected chi connectivity index (χ2v) is 5.48. The molecule has 0 unspecified atom stereocenters. The summed E-state index contributed by atoms with van der Waals surface area (Å²) < 4.78 is 0. The van der Waals surface area contributed by atoms with Crippen molar-refractivity contribution in [3.05, 3.63) is 33.8 Å². The maximum atomic E-state index is 10.7. The van der Waals surface area contributed by atoms with E-state index in [1.165, 1.54) is 12.8 Å². The van der Waals surface area contributed by atoms with Crippen molar-refractivity contribution in [1.82, 2.24) is 0 Å². The molecule has 0 spiro atoms. The molecule has 1 nitrogen and oxygen atoms in total. The third kappa shape index (κ3) is 2.71. The van der Waals surface area contributed by atoms with Crippen LogP contribution in [0.2, 0.25) is 10.0 Å². The molecule has 0 atom stereocenters. The summed E-state index contributed by atoms with van der Waals surface area (Å²) in [6.07, 6.45) is 6.17. The third-order valence-corrected chi connectivity index (χ3v) is 3.77. The molecule has 0 radical (unpaired) electrons. The molecule has 3 heteroatoms. The van der Waals surface area contributed by atoms with E-state index in [2.05, 4.69) is 0 Å². The van der Waals surface area contributed by atoms with Gasteiger partial charge >= 0.3 is 0 Å². The van der Waals surface area contributed by atoms with Crippen LogP contribution >= 0.6 is 23.2 Å². The largest absolute Gasteiger partial charge is 0.385 e. The fourth-order valence-electron chi connectivity index (χ4n) is 2.42. The van der Waals surface area contributed by atoms with Crippen molar-refractivity contribution >= 4 is 23.2 Å². The van der Waals surface area contributed by atoms with Crippen LogP contribution in [0, 0.1) is 0 Å². The quantitative estimate of drug-likeness (QED) is 0.734. The maximum absolute atomic E-state index is 10.7. The van der Waals surface area contributed by atoms with Crippen molar-refractivity contribution in [1.29, 1.82) is 0 Å². The Morgan fingerprint density at radius 1 is 0.875 bits per heavy atom. The highest BCUT2D eigenvalue weighted by atomic mass is 35.5. The molecule has 0 aliphatic heterocycles. The van der Waals surface area contributed by atoms with E-state index in [9.17, 15) is 5.11 Å². The minimum absolute atomic E-state index is 0.597. The molecule has 1 N–H and O–H groups in total. The van der Waals surface area contributed by atoms with E-state index in [1.54, 1.807) is 6.07 Å². The van der Waals surface area contributed by atoms with E-state index in [0.717, 1.165) is 31.2 Å². The van der Waals surface area contributed by atoms with Gasteiger partial charge in [-0.25, -0.2) is 0 Å². The molecule has 1 saturated carbocycles. The van der Waals surface area contributed by atoms with Crippen molar-refractivity contribution in [2.75, 3.05) is 0 Å². The Kier molecular flexibility index (Phi) is 3.78. The number of hydrogen-bond acceptors (Lipinski definition) is 1. The smallest absolute Gasteiger partial charge is 0.0897 e. The lowest BCUT2D eigenvalue weighted by Gasteiger charge is -2.27. The number of aliphatic hydroxyl groups is 1. The first kappa shape index (κ1) is 12.2.